The zero-order valence-electron chi connectivity index (χ0n) is 14.2. The SMILES string of the molecule is O=C(c1cccc2cn[nH]c12)N1CCC(C(=O)O)(c2ccccc2)CC1. The Morgan fingerprint density at radius 2 is 1.77 bits per heavy atom. The average molecular weight is 349 g/mol. The number of rotatable bonds is 3. The van der Waals surface area contributed by atoms with Crippen LogP contribution >= 0.6 is 0 Å². The van der Waals surface area contributed by atoms with Gasteiger partial charge in [-0.2, -0.15) is 5.10 Å². The maximum absolute atomic E-state index is 13.0. The molecule has 4 rings (SSSR count). The summed E-state index contributed by atoms with van der Waals surface area (Å²) in [7, 11) is 0. The van der Waals surface area contributed by atoms with Crippen molar-refractivity contribution in [1.82, 2.24) is 15.1 Å². The van der Waals surface area contributed by atoms with Crippen molar-refractivity contribution in [1.29, 1.82) is 0 Å². The Bertz CT molecular complexity index is 957. The zero-order chi connectivity index (χ0) is 18.1. The molecular weight excluding hydrogens is 330 g/mol. The quantitative estimate of drug-likeness (QED) is 0.761. The highest BCUT2D eigenvalue weighted by atomic mass is 16.4. The fourth-order valence-electron chi connectivity index (χ4n) is 3.79. The molecule has 1 fully saturated rings. The molecule has 6 nitrogen and oxygen atoms in total. The maximum atomic E-state index is 13.0. The van der Waals surface area contributed by atoms with Gasteiger partial charge >= 0.3 is 5.97 Å². The summed E-state index contributed by atoms with van der Waals surface area (Å²) in [5.74, 6) is -0.918. The van der Waals surface area contributed by atoms with Crippen molar-refractivity contribution in [3.63, 3.8) is 0 Å². The van der Waals surface area contributed by atoms with Gasteiger partial charge in [-0.3, -0.25) is 14.7 Å². The van der Waals surface area contributed by atoms with Crippen LogP contribution in [0, 0.1) is 0 Å². The van der Waals surface area contributed by atoms with Gasteiger partial charge in [0, 0.05) is 18.5 Å². The number of hydrogen-bond acceptors (Lipinski definition) is 3. The highest BCUT2D eigenvalue weighted by molar-refractivity contribution is 6.05. The number of piperidine rings is 1. The van der Waals surface area contributed by atoms with Crippen LogP contribution in [-0.2, 0) is 10.2 Å². The lowest BCUT2D eigenvalue weighted by atomic mass is 9.72. The van der Waals surface area contributed by atoms with Gasteiger partial charge in [0.05, 0.1) is 22.7 Å². The first kappa shape index (κ1) is 16.3. The second-order valence-corrected chi connectivity index (χ2v) is 6.69. The molecule has 1 aromatic heterocycles. The van der Waals surface area contributed by atoms with E-state index in [1.165, 1.54) is 0 Å². The van der Waals surface area contributed by atoms with Crippen LogP contribution in [0.5, 0.6) is 0 Å². The molecule has 2 aromatic carbocycles. The summed E-state index contributed by atoms with van der Waals surface area (Å²) in [5, 5.41) is 17.6. The van der Waals surface area contributed by atoms with Crippen LogP contribution in [-0.4, -0.2) is 45.2 Å². The predicted molar refractivity (Wildman–Crippen MR) is 97.0 cm³/mol. The number of nitrogens with zero attached hydrogens (tertiary/aromatic N) is 2. The van der Waals surface area contributed by atoms with Crippen LogP contribution in [0.2, 0.25) is 0 Å². The number of benzene rings is 2. The van der Waals surface area contributed by atoms with Crippen molar-refractivity contribution in [2.45, 2.75) is 18.3 Å². The molecule has 1 amide bonds. The van der Waals surface area contributed by atoms with Crippen LogP contribution in [0.3, 0.4) is 0 Å². The van der Waals surface area contributed by atoms with Crippen LogP contribution < -0.4 is 0 Å². The molecule has 6 heteroatoms. The van der Waals surface area contributed by atoms with E-state index in [-0.39, 0.29) is 5.91 Å². The number of carbonyl (C=O) groups is 2. The van der Waals surface area contributed by atoms with Gasteiger partial charge in [-0.1, -0.05) is 42.5 Å². The minimum atomic E-state index is -0.933. The molecule has 2 heterocycles. The maximum Gasteiger partial charge on any atom is 0.314 e. The van der Waals surface area contributed by atoms with Gasteiger partial charge in [-0.05, 0) is 24.5 Å². The molecule has 0 bridgehead atoms. The predicted octanol–water partition coefficient (Wildman–Crippen LogP) is 2.82. The highest BCUT2D eigenvalue weighted by Gasteiger charge is 2.44. The van der Waals surface area contributed by atoms with E-state index >= 15 is 0 Å². The molecule has 3 aromatic rings. The van der Waals surface area contributed by atoms with Crippen LogP contribution in [0.1, 0.15) is 28.8 Å². The first-order valence-corrected chi connectivity index (χ1v) is 8.62. The number of hydrogen-bond donors (Lipinski definition) is 2. The van der Waals surface area contributed by atoms with Gasteiger partial charge in [0.1, 0.15) is 0 Å². The summed E-state index contributed by atoms with van der Waals surface area (Å²) in [6, 6.07) is 14.8. The summed E-state index contributed by atoms with van der Waals surface area (Å²) < 4.78 is 0. The van der Waals surface area contributed by atoms with Gasteiger partial charge in [-0.25, -0.2) is 0 Å². The fraction of sp³-hybridized carbons (Fsp3) is 0.250. The lowest BCUT2D eigenvalue weighted by molar-refractivity contribution is -0.145. The van der Waals surface area contributed by atoms with Crippen LogP contribution in [0.4, 0.5) is 0 Å². The van der Waals surface area contributed by atoms with E-state index in [9.17, 15) is 14.7 Å². The minimum absolute atomic E-state index is 0.0908. The molecular formula is C20H19N3O3. The highest BCUT2D eigenvalue weighted by Crippen LogP contribution is 2.36. The summed E-state index contributed by atoms with van der Waals surface area (Å²) in [4.78, 5) is 26.7. The number of carboxylic acids is 1. The largest absolute Gasteiger partial charge is 0.481 e. The number of aromatic nitrogens is 2. The Kier molecular flexibility index (Phi) is 3.95. The third-order valence-electron chi connectivity index (χ3n) is 5.35. The fourth-order valence-corrected chi connectivity index (χ4v) is 3.79. The number of amides is 1. The van der Waals surface area contributed by atoms with Crippen molar-refractivity contribution in [3.8, 4) is 0 Å². The van der Waals surface area contributed by atoms with Gasteiger partial charge in [0.15, 0.2) is 0 Å². The molecule has 26 heavy (non-hydrogen) atoms. The number of H-pyrrole nitrogens is 1. The Morgan fingerprint density at radius 1 is 1.04 bits per heavy atom. The number of likely N-dealkylation sites (tertiary alicyclic amines) is 1. The molecule has 1 aliphatic rings. The molecule has 132 valence electrons. The number of carboxylic acid groups (broad SMARTS) is 1. The Labute approximate surface area is 150 Å². The molecule has 0 atom stereocenters. The molecule has 1 aliphatic heterocycles. The second kappa shape index (κ2) is 6.29. The molecule has 1 saturated heterocycles. The third kappa shape index (κ3) is 2.54. The monoisotopic (exact) mass is 349 g/mol. The lowest BCUT2D eigenvalue weighted by Crippen LogP contribution is -2.49. The van der Waals surface area contributed by atoms with Crippen LogP contribution in [0.25, 0.3) is 10.9 Å². The van der Waals surface area contributed by atoms with E-state index < -0.39 is 11.4 Å². The molecule has 0 unspecified atom stereocenters. The Morgan fingerprint density at radius 3 is 2.46 bits per heavy atom. The molecule has 0 spiro atoms. The van der Waals surface area contributed by atoms with E-state index in [1.807, 2.05) is 42.5 Å². The topological polar surface area (TPSA) is 86.3 Å². The number of aliphatic carboxylic acids is 1. The summed E-state index contributed by atoms with van der Waals surface area (Å²) in [6.45, 7) is 0.815. The van der Waals surface area contributed by atoms with Gasteiger partial charge in [-0.15, -0.1) is 0 Å². The second-order valence-electron chi connectivity index (χ2n) is 6.69. The van der Waals surface area contributed by atoms with Gasteiger partial charge < -0.3 is 10.0 Å². The van der Waals surface area contributed by atoms with E-state index in [4.69, 9.17) is 0 Å². The smallest absolute Gasteiger partial charge is 0.314 e. The van der Waals surface area contributed by atoms with Crippen molar-refractivity contribution >= 4 is 22.8 Å². The number of aromatic amines is 1. The Hall–Kier alpha value is -3.15. The molecule has 2 N–H and O–H groups in total. The van der Waals surface area contributed by atoms with Crippen LogP contribution in [0.15, 0.2) is 54.7 Å². The minimum Gasteiger partial charge on any atom is -0.481 e. The van der Waals surface area contributed by atoms with Crippen molar-refractivity contribution in [3.05, 3.63) is 65.9 Å². The molecule has 0 aliphatic carbocycles. The number of carbonyl (C=O) groups excluding carboxylic acids is 1. The van der Waals surface area contributed by atoms with Gasteiger partial charge in [0.25, 0.3) is 5.91 Å². The summed E-state index contributed by atoms with van der Waals surface area (Å²) >= 11 is 0. The third-order valence-corrected chi connectivity index (χ3v) is 5.35. The Balaban J connectivity index is 1.59. The number of para-hydroxylation sites is 1. The van der Waals surface area contributed by atoms with E-state index in [0.717, 1.165) is 16.5 Å². The molecule has 0 radical (unpaired) electrons. The number of nitrogens with one attached hydrogen (secondary N) is 1. The van der Waals surface area contributed by atoms with Gasteiger partial charge in [0.2, 0.25) is 0 Å². The number of fused-ring (bicyclic) bond motifs is 1. The van der Waals surface area contributed by atoms with Crippen molar-refractivity contribution < 1.29 is 14.7 Å². The normalized spacial score (nSPS) is 16.5. The summed E-state index contributed by atoms with van der Waals surface area (Å²) in [5.41, 5.74) is 1.16. The van der Waals surface area contributed by atoms with E-state index in [1.54, 1.807) is 17.2 Å². The van der Waals surface area contributed by atoms with Crippen molar-refractivity contribution in [2.75, 3.05) is 13.1 Å². The zero-order valence-corrected chi connectivity index (χ0v) is 14.2. The summed E-state index contributed by atoms with van der Waals surface area (Å²) in [6.07, 6.45) is 2.49. The molecule has 0 saturated carbocycles. The van der Waals surface area contributed by atoms with E-state index in [2.05, 4.69) is 10.2 Å². The first-order chi connectivity index (χ1) is 12.6. The standard InChI is InChI=1S/C20H19N3O3/c24-18(16-8-4-5-14-13-21-22-17(14)16)23-11-9-20(10-12-23,19(25)26)15-6-2-1-3-7-15/h1-8,13H,9-12H2,(H,21,22)(H,25,26). The first-order valence-electron chi connectivity index (χ1n) is 8.62. The average Bonchev–Trinajstić information content (AvgIpc) is 3.17. The van der Waals surface area contributed by atoms with E-state index in [0.29, 0.717) is 31.5 Å². The van der Waals surface area contributed by atoms with Crippen molar-refractivity contribution in [2.24, 2.45) is 0 Å². The lowest BCUT2D eigenvalue weighted by Gasteiger charge is -2.39.